The highest BCUT2D eigenvalue weighted by molar-refractivity contribution is 5.80. The number of likely N-dealkylation sites (N-methyl/N-ethyl adjacent to an activating group) is 1. The SMILES string of the molecule is CNCc1cc(C)c(OC(C)C(=O)N(C)C)c(C)c1. The van der Waals surface area contributed by atoms with Gasteiger partial charge in [-0.05, 0) is 44.5 Å². The molecule has 0 bridgehead atoms. The number of nitrogens with zero attached hydrogens (tertiary/aromatic N) is 1. The van der Waals surface area contributed by atoms with Crippen LogP contribution in [0, 0.1) is 13.8 Å². The third-order valence-electron chi connectivity index (χ3n) is 2.98. The summed E-state index contributed by atoms with van der Waals surface area (Å²) < 4.78 is 5.82. The van der Waals surface area contributed by atoms with Crippen LogP contribution in [-0.4, -0.2) is 38.1 Å². The summed E-state index contributed by atoms with van der Waals surface area (Å²) in [6.07, 6.45) is -0.470. The van der Waals surface area contributed by atoms with E-state index >= 15 is 0 Å². The molecule has 1 unspecified atom stereocenters. The van der Waals surface area contributed by atoms with E-state index in [9.17, 15) is 4.79 Å². The van der Waals surface area contributed by atoms with E-state index in [1.807, 2.05) is 20.9 Å². The lowest BCUT2D eigenvalue weighted by Crippen LogP contribution is -2.35. The van der Waals surface area contributed by atoms with Crippen LogP contribution in [0.5, 0.6) is 5.75 Å². The molecule has 106 valence electrons. The van der Waals surface area contributed by atoms with Crippen LogP contribution in [0.25, 0.3) is 0 Å². The van der Waals surface area contributed by atoms with Gasteiger partial charge in [-0.1, -0.05) is 12.1 Å². The average Bonchev–Trinajstić information content (AvgIpc) is 2.32. The highest BCUT2D eigenvalue weighted by Gasteiger charge is 2.18. The van der Waals surface area contributed by atoms with Crippen molar-refractivity contribution in [3.05, 3.63) is 28.8 Å². The number of carbonyl (C=O) groups is 1. The van der Waals surface area contributed by atoms with Crippen molar-refractivity contribution < 1.29 is 9.53 Å². The molecule has 1 aromatic carbocycles. The van der Waals surface area contributed by atoms with E-state index in [0.29, 0.717) is 0 Å². The highest BCUT2D eigenvalue weighted by atomic mass is 16.5. The summed E-state index contributed by atoms with van der Waals surface area (Å²) in [5.41, 5.74) is 3.34. The molecule has 0 aliphatic rings. The number of nitrogens with one attached hydrogen (secondary N) is 1. The summed E-state index contributed by atoms with van der Waals surface area (Å²) >= 11 is 0. The molecule has 0 heterocycles. The predicted octanol–water partition coefficient (Wildman–Crippen LogP) is 1.88. The number of hydrogen-bond acceptors (Lipinski definition) is 3. The zero-order valence-electron chi connectivity index (χ0n) is 12.7. The van der Waals surface area contributed by atoms with Gasteiger partial charge in [0.25, 0.3) is 5.91 Å². The van der Waals surface area contributed by atoms with Gasteiger partial charge in [-0.2, -0.15) is 0 Å². The van der Waals surface area contributed by atoms with Crippen molar-refractivity contribution >= 4 is 5.91 Å². The second-order valence-electron chi connectivity index (χ2n) is 5.08. The predicted molar refractivity (Wildman–Crippen MR) is 77.5 cm³/mol. The fourth-order valence-electron chi connectivity index (χ4n) is 2.12. The number of aryl methyl sites for hydroxylation is 2. The number of benzene rings is 1. The summed E-state index contributed by atoms with van der Waals surface area (Å²) in [6.45, 7) is 6.62. The molecule has 19 heavy (non-hydrogen) atoms. The molecule has 1 rings (SSSR count). The number of ether oxygens (including phenoxy) is 1. The second kappa shape index (κ2) is 6.57. The van der Waals surface area contributed by atoms with Crippen molar-refractivity contribution in [1.29, 1.82) is 0 Å². The van der Waals surface area contributed by atoms with Gasteiger partial charge in [-0.15, -0.1) is 0 Å². The van der Waals surface area contributed by atoms with Gasteiger partial charge >= 0.3 is 0 Å². The van der Waals surface area contributed by atoms with E-state index in [1.54, 1.807) is 25.9 Å². The highest BCUT2D eigenvalue weighted by Crippen LogP contribution is 2.26. The van der Waals surface area contributed by atoms with E-state index in [1.165, 1.54) is 5.56 Å². The van der Waals surface area contributed by atoms with Crippen molar-refractivity contribution in [1.82, 2.24) is 10.2 Å². The lowest BCUT2D eigenvalue weighted by Gasteiger charge is -2.21. The molecular formula is C15H24N2O2. The third kappa shape index (κ3) is 3.96. The lowest BCUT2D eigenvalue weighted by molar-refractivity contribution is -0.135. The Kier molecular flexibility index (Phi) is 5.36. The van der Waals surface area contributed by atoms with Crippen LogP contribution in [0.1, 0.15) is 23.6 Å². The fraction of sp³-hybridized carbons (Fsp3) is 0.533. The van der Waals surface area contributed by atoms with Gasteiger partial charge in [0.15, 0.2) is 6.10 Å². The largest absolute Gasteiger partial charge is 0.480 e. The Hall–Kier alpha value is -1.55. The van der Waals surface area contributed by atoms with Crippen LogP contribution in [0.2, 0.25) is 0 Å². The quantitative estimate of drug-likeness (QED) is 0.883. The molecule has 0 aliphatic carbocycles. The number of amides is 1. The minimum absolute atomic E-state index is 0.0295. The van der Waals surface area contributed by atoms with Crippen LogP contribution in [0.3, 0.4) is 0 Å². The van der Waals surface area contributed by atoms with Crippen molar-refractivity contribution in [2.45, 2.75) is 33.4 Å². The molecule has 0 radical (unpaired) electrons. The number of hydrogen-bond donors (Lipinski definition) is 1. The zero-order valence-corrected chi connectivity index (χ0v) is 12.7. The molecule has 0 spiro atoms. The summed E-state index contributed by atoms with van der Waals surface area (Å²) in [7, 11) is 5.39. The van der Waals surface area contributed by atoms with Crippen molar-refractivity contribution in [3.8, 4) is 5.75 Å². The number of rotatable bonds is 5. The molecule has 1 N–H and O–H groups in total. The van der Waals surface area contributed by atoms with Crippen molar-refractivity contribution in [2.75, 3.05) is 21.1 Å². The fourth-order valence-corrected chi connectivity index (χ4v) is 2.12. The van der Waals surface area contributed by atoms with Gasteiger partial charge in [0.1, 0.15) is 5.75 Å². The Labute approximate surface area is 115 Å². The second-order valence-corrected chi connectivity index (χ2v) is 5.08. The lowest BCUT2D eigenvalue weighted by atomic mass is 10.1. The molecule has 0 saturated carbocycles. The maximum Gasteiger partial charge on any atom is 0.262 e. The maximum absolute atomic E-state index is 11.8. The van der Waals surface area contributed by atoms with Gasteiger partial charge in [-0.3, -0.25) is 4.79 Å². The zero-order chi connectivity index (χ0) is 14.6. The van der Waals surface area contributed by atoms with Crippen LogP contribution < -0.4 is 10.1 Å². The van der Waals surface area contributed by atoms with Crippen molar-refractivity contribution in [2.24, 2.45) is 0 Å². The van der Waals surface area contributed by atoms with Crippen LogP contribution in [0.15, 0.2) is 12.1 Å². The summed E-state index contributed by atoms with van der Waals surface area (Å²) in [5, 5.41) is 3.13. The third-order valence-corrected chi connectivity index (χ3v) is 2.98. The summed E-state index contributed by atoms with van der Waals surface area (Å²) in [6, 6.07) is 4.18. The number of carbonyl (C=O) groups excluding carboxylic acids is 1. The molecule has 1 atom stereocenters. The molecule has 0 aromatic heterocycles. The first-order chi connectivity index (χ1) is 8.86. The smallest absolute Gasteiger partial charge is 0.262 e. The van der Waals surface area contributed by atoms with E-state index in [0.717, 1.165) is 23.4 Å². The Morgan fingerprint density at radius 3 is 2.26 bits per heavy atom. The molecular weight excluding hydrogens is 240 g/mol. The van der Waals surface area contributed by atoms with E-state index < -0.39 is 6.10 Å². The monoisotopic (exact) mass is 264 g/mol. The van der Waals surface area contributed by atoms with Gasteiger partial charge < -0.3 is 15.0 Å². The van der Waals surface area contributed by atoms with Gasteiger partial charge in [0.05, 0.1) is 0 Å². The standard InChI is InChI=1S/C15H24N2O2/c1-10-7-13(9-16-4)8-11(2)14(10)19-12(3)15(18)17(5)6/h7-8,12,16H,9H2,1-6H3. The van der Waals surface area contributed by atoms with Crippen LogP contribution in [-0.2, 0) is 11.3 Å². The molecule has 1 aromatic rings. The first kappa shape index (κ1) is 15.5. The van der Waals surface area contributed by atoms with Gasteiger partial charge in [-0.25, -0.2) is 0 Å². The Bertz CT molecular complexity index is 432. The minimum Gasteiger partial charge on any atom is -0.480 e. The van der Waals surface area contributed by atoms with E-state index in [-0.39, 0.29) is 5.91 Å². The Morgan fingerprint density at radius 1 is 1.32 bits per heavy atom. The molecule has 0 aliphatic heterocycles. The normalized spacial score (nSPS) is 12.1. The van der Waals surface area contributed by atoms with E-state index in [2.05, 4.69) is 17.4 Å². The van der Waals surface area contributed by atoms with Gasteiger partial charge in [0, 0.05) is 20.6 Å². The average molecular weight is 264 g/mol. The first-order valence-corrected chi connectivity index (χ1v) is 6.49. The molecule has 1 amide bonds. The summed E-state index contributed by atoms with van der Waals surface area (Å²) in [5.74, 6) is 0.778. The Balaban J connectivity index is 2.93. The van der Waals surface area contributed by atoms with E-state index in [4.69, 9.17) is 4.74 Å². The Morgan fingerprint density at radius 2 is 1.84 bits per heavy atom. The topological polar surface area (TPSA) is 41.6 Å². The summed E-state index contributed by atoms with van der Waals surface area (Å²) in [4.78, 5) is 13.4. The van der Waals surface area contributed by atoms with Gasteiger partial charge in [0.2, 0.25) is 0 Å². The van der Waals surface area contributed by atoms with Crippen molar-refractivity contribution in [3.63, 3.8) is 0 Å². The molecule has 4 heteroatoms. The first-order valence-electron chi connectivity index (χ1n) is 6.49. The molecule has 0 fully saturated rings. The molecule has 0 saturated heterocycles. The maximum atomic E-state index is 11.8. The van der Waals surface area contributed by atoms with Crippen LogP contribution in [0.4, 0.5) is 0 Å². The minimum atomic E-state index is -0.470. The van der Waals surface area contributed by atoms with Crippen LogP contribution >= 0.6 is 0 Å². The molecule has 4 nitrogen and oxygen atoms in total.